The summed E-state index contributed by atoms with van der Waals surface area (Å²) in [5, 5.41) is 8.15. The molecule has 0 radical (unpaired) electrons. The fourth-order valence-corrected chi connectivity index (χ4v) is 2.53. The lowest BCUT2D eigenvalue weighted by molar-refractivity contribution is 0.183. The van der Waals surface area contributed by atoms with Crippen molar-refractivity contribution < 1.29 is 4.74 Å². The molecule has 1 aromatic rings. The molecule has 1 aromatic carbocycles. The molecule has 0 aromatic heterocycles. The molecule has 1 saturated carbocycles. The van der Waals surface area contributed by atoms with Crippen molar-refractivity contribution in [3.05, 3.63) is 28.8 Å². The van der Waals surface area contributed by atoms with Gasteiger partial charge in [-0.25, -0.2) is 0 Å². The lowest BCUT2D eigenvalue weighted by atomic mass is 10.1. The van der Waals surface area contributed by atoms with Crippen molar-refractivity contribution in [2.24, 2.45) is 5.73 Å². The molecule has 0 aliphatic heterocycles. The number of rotatable bonds is 3. The quantitative estimate of drug-likeness (QED) is 0.498. The van der Waals surface area contributed by atoms with Gasteiger partial charge in [0.25, 0.3) is 0 Å². The van der Waals surface area contributed by atoms with Gasteiger partial charge in [-0.3, -0.25) is 5.41 Å². The van der Waals surface area contributed by atoms with E-state index >= 15 is 0 Å². The van der Waals surface area contributed by atoms with Crippen molar-refractivity contribution in [2.45, 2.75) is 44.6 Å². The average molecular weight is 267 g/mol. The minimum atomic E-state index is 0.00104. The van der Waals surface area contributed by atoms with Crippen molar-refractivity contribution in [1.82, 2.24) is 0 Å². The van der Waals surface area contributed by atoms with Crippen LogP contribution in [0.2, 0.25) is 5.02 Å². The van der Waals surface area contributed by atoms with Gasteiger partial charge >= 0.3 is 0 Å². The van der Waals surface area contributed by atoms with Gasteiger partial charge in [0.05, 0.1) is 11.7 Å². The van der Waals surface area contributed by atoms with Gasteiger partial charge in [-0.15, -0.1) is 0 Å². The van der Waals surface area contributed by atoms with Crippen LogP contribution in [0.1, 0.15) is 44.1 Å². The zero-order valence-corrected chi connectivity index (χ0v) is 11.2. The highest BCUT2D eigenvalue weighted by molar-refractivity contribution is 6.31. The molecular formula is C14H19ClN2O. The SMILES string of the molecule is N=C(N)c1cc(Cl)ccc1OC1CCCCCC1. The van der Waals surface area contributed by atoms with Crippen LogP contribution in [-0.2, 0) is 0 Å². The summed E-state index contributed by atoms with van der Waals surface area (Å²) in [5.41, 5.74) is 6.15. The first-order valence-electron chi connectivity index (χ1n) is 6.47. The minimum Gasteiger partial charge on any atom is -0.490 e. The number of ether oxygens (including phenoxy) is 1. The third-order valence-corrected chi connectivity index (χ3v) is 3.56. The monoisotopic (exact) mass is 266 g/mol. The summed E-state index contributed by atoms with van der Waals surface area (Å²) in [6, 6.07) is 5.28. The van der Waals surface area contributed by atoms with Crippen molar-refractivity contribution in [1.29, 1.82) is 5.41 Å². The van der Waals surface area contributed by atoms with Crippen LogP contribution in [0.25, 0.3) is 0 Å². The van der Waals surface area contributed by atoms with E-state index in [4.69, 9.17) is 27.5 Å². The Hall–Kier alpha value is -1.22. The van der Waals surface area contributed by atoms with Crippen LogP contribution >= 0.6 is 11.6 Å². The molecule has 0 saturated heterocycles. The van der Waals surface area contributed by atoms with Gasteiger partial charge in [0.1, 0.15) is 11.6 Å². The average Bonchev–Trinajstić information content (AvgIpc) is 2.60. The second-order valence-electron chi connectivity index (χ2n) is 4.79. The van der Waals surface area contributed by atoms with Crippen molar-refractivity contribution in [3.8, 4) is 5.75 Å². The summed E-state index contributed by atoms with van der Waals surface area (Å²) in [4.78, 5) is 0. The Labute approximate surface area is 113 Å². The molecule has 0 heterocycles. The van der Waals surface area contributed by atoms with Gasteiger partial charge in [-0.2, -0.15) is 0 Å². The number of nitrogens with two attached hydrogens (primary N) is 1. The highest BCUT2D eigenvalue weighted by Crippen LogP contribution is 2.27. The second-order valence-corrected chi connectivity index (χ2v) is 5.22. The molecule has 18 heavy (non-hydrogen) atoms. The lowest BCUT2D eigenvalue weighted by Crippen LogP contribution is -2.19. The van der Waals surface area contributed by atoms with Gasteiger partial charge in [-0.05, 0) is 43.9 Å². The maximum Gasteiger partial charge on any atom is 0.130 e. The van der Waals surface area contributed by atoms with Crippen LogP contribution < -0.4 is 10.5 Å². The zero-order chi connectivity index (χ0) is 13.0. The normalized spacial score (nSPS) is 17.2. The maximum absolute atomic E-state index is 7.57. The molecule has 0 amide bonds. The summed E-state index contributed by atoms with van der Waals surface area (Å²) >= 11 is 5.92. The van der Waals surface area contributed by atoms with Crippen molar-refractivity contribution in [3.63, 3.8) is 0 Å². The first kappa shape index (κ1) is 13.2. The largest absolute Gasteiger partial charge is 0.490 e. The lowest BCUT2D eigenvalue weighted by Gasteiger charge is -2.19. The van der Waals surface area contributed by atoms with Gasteiger partial charge in [0, 0.05) is 5.02 Å². The van der Waals surface area contributed by atoms with E-state index < -0.39 is 0 Å². The van der Waals surface area contributed by atoms with Gasteiger partial charge < -0.3 is 10.5 Å². The zero-order valence-electron chi connectivity index (χ0n) is 10.4. The van der Waals surface area contributed by atoms with Crippen LogP contribution in [0, 0.1) is 5.41 Å². The molecule has 3 N–H and O–H groups in total. The minimum absolute atomic E-state index is 0.00104. The number of nitrogens with one attached hydrogen (secondary N) is 1. The number of benzene rings is 1. The topological polar surface area (TPSA) is 59.1 Å². The van der Waals surface area contributed by atoms with Crippen molar-refractivity contribution in [2.75, 3.05) is 0 Å². The molecule has 1 aliphatic rings. The Morgan fingerprint density at radius 1 is 1.22 bits per heavy atom. The number of amidine groups is 1. The smallest absolute Gasteiger partial charge is 0.130 e. The van der Waals surface area contributed by atoms with Gasteiger partial charge in [0.15, 0.2) is 0 Å². The first-order chi connectivity index (χ1) is 8.66. The number of hydrogen-bond acceptors (Lipinski definition) is 2. The first-order valence-corrected chi connectivity index (χ1v) is 6.85. The Balaban J connectivity index is 2.14. The molecule has 4 heteroatoms. The number of nitrogen functional groups attached to an aromatic ring is 1. The van der Waals surface area contributed by atoms with E-state index in [2.05, 4.69) is 0 Å². The molecule has 0 spiro atoms. The molecule has 1 fully saturated rings. The third kappa shape index (κ3) is 3.39. The summed E-state index contributed by atoms with van der Waals surface area (Å²) in [7, 11) is 0. The van der Waals surface area contributed by atoms with E-state index in [-0.39, 0.29) is 11.9 Å². The van der Waals surface area contributed by atoms with E-state index in [1.807, 2.05) is 6.07 Å². The standard InChI is InChI=1S/C14H19ClN2O/c15-10-7-8-13(12(9-10)14(16)17)18-11-5-3-1-2-4-6-11/h7-9,11H,1-6H2,(H3,16,17). The van der Waals surface area contributed by atoms with Crippen LogP contribution in [0.4, 0.5) is 0 Å². The number of halogens is 1. The summed E-state index contributed by atoms with van der Waals surface area (Å²) in [6.07, 6.45) is 7.42. The fraction of sp³-hybridized carbons (Fsp3) is 0.500. The van der Waals surface area contributed by atoms with Crippen LogP contribution in [0.3, 0.4) is 0 Å². The Morgan fingerprint density at radius 2 is 1.89 bits per heavy atom. The third-order valence-electron chi connectivity index (χ3n) is 3.33. The fourth-order valence-electron chi connectivity index (χ4n) is 2.35. The van der Waals surface area contributed by atoms with E-state index in [1.165, 1.54) is 25.7 Å². The van der Waals surface area contributed by atoms with Crippen LogP contribution in [-0.4, -0.2) is 11.9 Å². The molecule has 2 rings (SSSR count). The second kappa shape index (κ2) is 6.10. The predicted molar refractivity (Wildman–Crippen MR) is 74.6 cm³/mol. The van der Waals surface area contributed by atoms with Crippen LogP contribution in [0.15, 0.2) is 18.2 Å². The number of hydrogen-bond donors (Lipinski definition) is 2. The molecular weight excluding hydrogens is 248 g/mol. The van der Waals surface area contributed by atoms with E-state index in [0.29, 0.717) is 16.3 Å². The van der Waals surface area contributed by atoms with E-state index in [1.54, 1.807) is 12.1 Å². The Kier molecular flexibility index (Phi) is 4.48. The van der Waals surface area contributed by atoms with Crippen LogP contribution in [0.5, 0.6) is 5.75 Å². The molecule has 0 bridgehead atoms. The van der Waals surface area contributed by atoms with Gasteiger partial charge in [0.2, 0.25) is 0 Å². The molecule has 0 atom stereocenters. The summed E-state index contributed by atoms with van der Waals surface area (Å²) < 4.78 is 6.00. The highest BCUT2D eigenvalue weighted by atomic mass is 35.5. The van der Waals surface area contributed by atoms with Gasteiger partial charge in [-0.1, -0.05) is 24.4 Å². The summed E-state index contributed by atoms with van der Waals surface area (Å²) in [5.74, 6) is 0.680. The Bertz CT molecular complexity index is 426. The molecule has 98 valence electrons. The predicted octanol–water partition coefficient (Wildman–Crippen LogP) is 3.73. The highest BCUT2D eigenvalue weighted by Gasteiger charge is 2.16. The summed E-state index contributed by atoms with van der Waals surface area (Å²) in [6.45, 7) is 0. The Morgan fingerprint density at radius 3 is 2.50 bits per heavy atom. The van der Waals surface area contributed by atoms with Crippen molar-refractivity contribution >= 4 is 17.4 Å². The molecule has 3 nitrogen and oxygen atoms in total. The maximum atomic E-state index is 7.57. The molecule has 1 aliphatic carbocycles. The van der Waals surface area contributed by atoms with E-state index in [9.17, 15) is 0 Å². The molecule has 0 unspecified atom stereocenters. The van der Waals surface area contributed by atoms with E-state index in [0.717, 1.165) is 12.8 Å².